The Bertz CT molecular complexity index is 310. The van der Waals surface area contributed by atoms with Crippen LogP contribution in [0.25, 0.3) is 0 Å². The molecule has 0 N–H and O–H groups in total. The summed E-state index contributed by atoms with van der Waals surface area (Å²) in [5, 5.41) is 0. The van der Waals surface area contributed by atoms with Gasteiger partial charge in [-0.2, -0.15) is 0 Å². The average molecular weight is 198 g/mol. The van der Waals surface area contributed by atoms with Crippen LogP contribution in [0.1, 0.15) is 16.7 Å². The molecule has 0 bridgehead atoms. The largest absolute Gasteiger partial charge is 0.380 e. The van der Waals surface area contributed by atoms with E-state index in [9.17, 15) is 4.39 Å². The van der Waals surface area contributed by atoms with Crippen LogP contribution in [0.15, 0.2) is 12.1 Å². The first-order valence-electron chi connectivity index (χ1n) is 4.45. The summed E-state index contributed by atoms with van der Waals surface area (Å²) in [5.74, 6) is -0.193. The van der Waals surface area contributed by atoms with Crippen LogP contribution < -0.4 is 0 Å². The standard InChI is InChI=1S/C11H15FO2/c1-8-4-5-9(6-13-2)10(7-14-3)11(8)12/h4-5H,6-7H2,1-3H3. The Morgan fingerprint density at radius 3 is 2.36 bits per heavy atom. The summed E-state index contributed by atoms with van der Waals surface area (Å²) in [6.07, 6.45) is 0. The molecule has 0 aliphatic heterocycles. The van der Waals surface area contributed by atoms with Crippen molar-refractivity contribution in [3.63, 3.8) is 0 Å². The number of hydrogen-bond donors (Lipinski definition) is 0. The van der Waals surface area contributed by atoms with Crippen molar-refractivity contribution in [2.24, 2.45) is 0 Å². The minimum absolute atomic E-state index is 0.193. The summed E-state index contributed by atoms with van der Waals surface area (Å²) in [4.78, 5) is 0. The molecule has 0 spiro atoms. The fourth-order valence-corrected chi connectivity index (χ4v) is 1.37. The van der Waals surface area contributed by atoms with Crippen molar-refractivity contribution in [2.75, 3.05) is 14.2 Å². The molecule has 0 aliphatic rings. The second-order valence-corrected chi connectivity index (χ2v) is 3.20. The van der Waals surface area contributed by atoms with E-state index in [-0.39, 0.29) is 12.4 Å². The van der Waals surface area contributed by atoms with Crippen LogP contribution in [0.5, 0.6) is 0 Å². The Kier molecular flexibility index (Phi) is 4.04. The van der Waals surface area contributed by atoms with E-state index >= 15 is 0 Å². The number of hydrogen-bond acceptors (Lipinski definition) is 2. The molecule has 78 valence electrons. The van der Waals surface area contributed by atoms with Gasteiger partial charge in [0.1, 0.15) is 5.82 Å². The summed E-state index contributed by atoms with van der Waals surface area (Å²) >= 11 is 0. The molecule has 0 amide bonds. The van der Waals surface area contributed by atoms with Gasteiger partial charge in [0, 0.05) is 19.8 Å². The highest BCUT2D eigenvalue weighted by molar-refractivity contribution is 5.32. The molecule has 1 rings (SSSR count). The van der Waals surface area contributed by atoms with Gasteiger partial charge < -0.3 is 9.47 Å². The second kappa shape index (κ2) is 5.08. The summed E-state index contributed by atoms with van der Waals surface area (Å²) in [6, 6.07) is 3.62. The highest BCUT2D eigenvalue weighted by Gasteiger charge is 2.10. The SMILES string of the molecule is COCc1ccc(C)c(F)c1COC. The minimum Gasteiger partial charge on any atom is -0.380 e. The van der Waals surface area contributed by atoms with Crippen molar-refractivity contribution in [3.8, 4) is 0 Å². The Hall–Kier alpha value is -0.930. The van der Waals surface area contributed by atoms with Gasteiger partial charge in [0.2, 0.25) is 0 Å². The molecule has 0 aromatic heterocycles. The molecule has 1 aromatic carbocycles. The minimum atomic E-state index is -0.193. The zero-order valence-electron chi connectivity index (χ0n) is 8.76. The number of aryl methyl sites for hydroxylation is 1. The lowest BCUT2D eigenvalue weighted by atomic mass is 10.0. The zero-order valence-corrected chi connectivity index (χ0v) is 8.76. The smallest absolute Gasteiger partial charge is 0.131 e. The van der Waals surface area contributed by atoms with Crippen LogP contribution >= 0.6 is 0 Å². The molecule has 2 nitrogen and oxygen atoms in total. The summed E-state index contributed by atoms with van der Waals surface area (Å²) < 4.78 is 23.6. The number of methoxy groups -OCH3 is 2. The first-order valence-corrected chi connectivity index (χ1v) is 4.45. The van der Waals surface area contributed by atoms with Crippen molar-refractivity contribution in [1.82, 2.24) is 0 Å². The van der Waals surface area contributed by atoms with E-state index in [0.717, 1.165) is 5.56 Å². The summed E-state index contributed by atoms with van der Waals surface area (Å²) in [5.41, 5.74) is 2.07. The van der Waals surface area contributed by atoms with Crippen LogP contribution in [0.4, 0.5) is 4.39 Å². The molecule has 3 heteroatoms. The lowest BCUT2D eigenvalue weighted by molar-refractivity contribution is 0.165. The predicted molar refractivity (Wildman–Crippen MR) is 52.6 cm³/mol. The summed E-state index contributed by atoms with van der Waals surface area (Å²) in [6.45, 7) is 2.44. The molecule has 0 unspecified atom stereocenters. The normalized spacial score (nSPS) is 10.6. The molecular weight excluding hydrogens is 183 g/mol. The maximum atomic E-state index is 13.6. The van der Waals surface area contributed by atoms with Crippen LogP contribution in [0.2, 0.25) is 0 Å². The molecule has 0 saturated heterocycles. The molecule has 0 aliphatic carbocycles. The number of rotatable bonds is 4. The van der Waals surface area contributed by atoms with Gasteiger partial charge in [-0.3, -0.25) is 0 Å². The van der Waals surface area contributed by atoms with Gasteiger partial charge in [0.15, 0.2) is 0 Å². The lowest BCUT2D eigenvalue weighted by Gasteiger charge is -2.10. The Morgan fingerprint density at radius 2 is 1.79 bits per heavy atom. The van der Waals surface area contributed by atoms with Crippen molar-refractivity contribution < 1.29 is 13.9 Å². The second-order valence-electron chi connectivity index (χ2n) is 3.20. The van der Waals surface area contributed by atoms with Gasteiger partial charge in [-0.1, -0.05) is 12.1 Å². The van der Waals surface area contributed by atoms with Gasteiger partial charge in [-0.15, -0.1) is 0 Å². The lowest BCUT2D eigenvalue weighted by Crippen LogP contribution is -2.02. The van der Waals surface area contributed by atoms with Gasteiger partial charge in [0.05, 0.1) is 13.2 Å². The molecule has 0 fully saturated rings. The fourth-order valence-electron chi connectivity index (χ4n) is 1.37. The van der Waals surface area contributed by atoms with Crippen molar-refractivity contribution >= 4 is 0 Å². The Morgan fingerprint density at radius 1 is 1.14 bits per heavy atom. The monoisotopic (exact) mass is 198 g/mol. The van der Waals surface area contributed by atoms with Crippen LogP contribution in [0, 0.1) is 12.7 Å². The highest BCUT2D eigenvalue weighted by atomic mass is 19.1. The van der Waals surface area contributed by atoms with E-state index in [1.54, 1.807) is 27.2 Å². The maximum Gasteiger partial charge on any atom is 0.131 e. The van der Waals surface area contributed by atoms with Crippen LogP contribution in [0.3, 0.4) is 0 Å². The van der Waals surface area contributed by atoms with Gasteiger partial charge in [0.25, 0.3) is 0 Å². The maximum absolute atomic E-state index is 13.6. The number of benzene rings is 1. The molecule has 0 saturated carbocycles. The molecule has 0 atom stereocenters. The number of halogens is 1. The topological polar surface area (TPSA) is 18.5 Å². The van der Waals surface area contributed by atoms with Crippen molar-refractivity contribution in [3.05, 3.63) is 34.6 Å². The van der Waals surface area contributed by atoms with Gasteiger partial charge in [-0.05, 0) is 18.1 Å². The zero-order chi connectivity index (χ0) is 10.6. The quantitative estimate of drug-likeness (QED) is 0.739. The fraction of sp³-hybridized carbons (Fsp3) is 0.455. The van der Waals surface area contributed by atoms with E-state index in [1.807, 2.05) is 6.07 Å². The average Bonchev–Trinajstić information content (AvgIpc) is 2.18. The Balaban J connectivity index is 3.08. The van der Waals surface area contributed by atoms with E-state index in [4.69, 9.17) is 9.47 Å². The predicted octanol–water partition coefficient (Wildman–Crippen LogP) is 2.43. The third-order valence-electron chi connectivity index (χ3n) is 2.12. The van der Waals surface area contributed by atoms with E-state index in [0.29, 0.717) is 17.7 Å². The van der Waals surface area contributed by atoms with Crippen LogP contribution in [-0.4, -0.2) is 14.2 Å². The molecule has 0 heterocycles. The molecular formula is C11H15FO2. The third-order valence-corrected chi connectivity index (χ3v) is 2.12. The van der Waals surface area contributed by atoms with Crippen molar-refractivity contribution in [2.45, 2.75) is 20.1 Å². The first kappa shape index (κ1) is 11.1. The highest BCUT2D eigenvalue weighted by Crippen LogP contribution is 2.19. The van der Waals surface area contributed by atoms with E-state index in [2.05, 4.69) is 0 Å². The van der Waals surface area contributed by atoms with E-state index in [1.165, 1.54) is 0 Å². The molecule has 0 radical (unpaired) electrons. The van der Waals surface area contributed by atoms with Crippen molar-refractivity contribution in [1.29, 1.82) is 0 Å². The first-order chi connectivity index (χ1) is 6.70. The third kappa shape index (κ3) is 2.30. The molecule has 14 heavy (non-hydrogen) atoms. The number of ether oxygens (including phenoxy) is 2. The van der Waals surface area contributed by atoms with E-state index < -0.39 is 0 Å². The van der Waals surface area contributed by atoms with Crippen LogP contribution in [-0.2, 0) is 22.7 Å². The van der Waals surface area contributed by atoms with Gasteiger partial charge >= 0.3 is 0 Å². The Labute approximate surface area is 83.6 Å². The molecule has 1 aromatic rings. The summed E-state index contributed by atoms with van der Waals surface area (Å²) in [7, 11) is 3.15. The van der Waals surface area contributed by atoms with Gasteiger partial charge in [-0.25, -0.2) is 4.39 Å².